The number of halogens is 3. The van der Waals surface area contributed by atoms with Gasteiger partial charge in [0, 0.05) is 30.6 Å². The molecule has 198 valence electrons. The van der Waals surface area contributed by atoms with Crippen LogP contribution in [-0.2, 0) is 26.2 Å². The summed E-state index contributed by atoms with van der Waals surface area (Å²) in [6, 6.07) is 10.8. The van der Waals surface area contributed by atoms with Crippen LogP contribution in [0.4, 0.5) is 5.69 Å². The molecule has 11 heteroatoms. The fourth-order valence-corrected chi connectivity index (χ4v) is 4.98. The quantitative estimate of drug-likeness (QED) is 0.360. The lowest BCUT2D eigenvalue weighted by molar-refractivity contribution is -0.140. The Bertz CT molecular complexity index is 1180. The van der Waals surface area contributed by atoms with Gasteiger partial charge >= 0.3 is 0 Å². The van der Waals surface area contributed by atoms with E-state index in [2.05, 4.69) is 5.32 Å². The molecule has 0 aromatic heterocycles. The van der Waals surface area contributed by atoms with Gasteiger partial charge in [-0.15, -0.1) is 0 Å². The molecule has 2 rings (SSSR count). The Balaban J connectivity index is 2.20. The number of hydrogen-bond donors (Lipinski definition) is 1. The van der Waals surface area contributed by atoms with Crippen molar-refractivity contribution >= 4 is 62.3 Å². The van der Waals surface area contributed by atoms with Gasteiger partial charge in [0.25, 0.3) is 0 Å². The molecule has 0 aliphatic rings. The van der Waals surface area contributed by atoms with Gasteiger partial charge in [0.15, 0.2) is 0 Å². The van der Waals surface area contributed by atoms with Crippen LogP contribution in [0.25, 0.3) is 0 Å². The van der Waals surface area contributed by atoms with Gasteiger partial charge in [-0.25, -0.2) is 8.42 Å². The molecule has 2 amide bonds. The Morgan fingerprint density at radius 2 is 1.72 bits per heavy atom. The SMILES string of the molecule is CCC(C)NC(=O)C(C)N(Cc1ccc(Cl)c(Cl)c1)C(=O)CCCN(c1cccc(Cl)c1)S(C)(=O)=O. The Kier molecular flexibility index (Phi) is 11.3. The van der Waals surface area contributed by atoms with Crippen LogP contribution in [0.15, 0.2) is 42.5 Å². The van der Waals surface area contributed by atoms with E-state index < -0.39 is 16.1 Å². The highest BCUT2D eigenvalue weighted by molar-refractivity contribution is 7.92. The van der Waals surface area contributed by atoms with Crippen LogP contribution in [0, 0.1) is 0 Å². The van der Waals surface area contributed by atoms with Crippen LogP contribution in [0.3, 0.4) is 0 Å². The van der Waals surface area contributed by atoms with Crippen molar-refractivity contribution in [3.63, 3.8) is 0 Å². The average Bonchev–Trinajstić information content (AvgIpc) is 2.80. The molecule has 2 aromatic carbocycles. The number of benzene rings is 2. The smallest absolute Gasteiger partial charge is 0.242 e. The number of amides is 2. The van der Waals surface area contributed by atoms with Crippen LogP contribution >= 0.6 is 34.8 Å². The Morgan fingerprint density at radius 3 is 2.31 bits per heavy atom. The summed E-state index contributed by atoms with van der Waals surface area (Å²) in [7, 11) is -3.60. The Morgan fingerprint density at radius 1 is 1.03 bits per heavy atom. The molecular weight excluding hydrogens is 545 g/mol. The molecule has 0 saturated carbocycles. The molecule has 0 bridgehead atoms. The minimum absolute atomic E-state index is 0.0366. The van der Waals surface area contributed by atoms with E-state index in [0.29, 0.717) is 20.8 Å². The molecule has 7 nitrogen and oxygen atoms in total. The van der Waals surface area contributed by atoms with Crippen molar-refractivity contribution in [2.45, 2.75) is 58.7 Å². The molecular formula is C25H32Cl3N3O4S. The molecule has 2 aromatic rings. The average molecular weight is 577 g/mol. The zero-order chi connectivity index (χ0) is 27.0. The van der Waals surface area contributed by atoms with E-state index in [-0.39, 0.29) is 43.8 Å². The van der Waals surface area contributed by atoms with Gasteiger partial charge < -0.3 is 10.2 Å². The molecule has 0 spiro atoms. The van der Waals surface area contributed by atoms with Crippen molar-refractivity contribution in [3.8, 4) is 0 Å². The molecule has 1 N–H and O–H groups in total. The maximum atomic E-state index is 13.3. The van der Waals surface area contributed by atoms with Gasteiger partial charge in [0.05, 0.1) is 22.0 Å². The molecule has 0 fully saturated rings. The van der Waals surface area contributed by atoms with Crippen molar-refractivity contribution in [3.05, 3.63) is 63.1 Å². The Labute approximate surface area is 228 Å². The summed E-state index contributed by atoms with van der Waals surface area (Å²) in [4.78, 5) is 27.6. The molecule has 0 saturated heterocycles. The number of rotatable bonds is 12. The zero-order valence-electron chi connectivity index (χ0n) is 20.8. The highest BCUT2D eigenvalue weighted by Gasteiger charge is 2.27. The second-order valence-electron chi connectivity index (χ2n) is 8.68. The van der Waals surface area contributed by atoms with Crippen LogP contribution in [0.5, 0.6) is 0 Å². The molecule has 0 aliphatic carbocycles. The first-order valence-corrected chi connectivity index (χ1v) is 14.6. The summed E-state index contributed by atoms with van der Waals surface area (Å²) in [6.07, 6.45) is 2.14. The lowest BCUT2D eigenvalue weighted by atomic mass is 10.1. The summed E-state index contributed by atoms with van der Waals surface area (Å²) in [5.41, 5.74) is 1.14. The first-order valence-electron chi connectivity index (χ1n) is 11.6. The normalized spacial score (nSPS) is 13.1. The van der Waals surface area contributed by atoms with E-state index in [9.17, 15) is 18.0 Å². The first kappa shape index (κ1) is 30.2. The summed E-state index contributed by atoms with van der Waals surface area (Å²) in [5.74, 6) is -0.554. The number of carbonyl (C=O) groups is 2. The standard InChI is InChI=1S/C25H32Cl3N3O4S/c1-5-17(2)29-25(33)18(3)30(16-19-11-12-22(27)23(28)14-19)24(32)10-7-13-31(36(4,34)35)21-9-6-8-20(26)15-21/h6,8-9,11-12,14-15,17-18H,5,7,10,13,16H2,1-4H3,(H,29,33). The van der Waals surface area contributed by atoms with Crippen molar-refractivity contribution in [1.82, 2.24) is 10.2 Å². The number of nitrogens with zero attached hydrogens (tertiary/aromatic N) is 2. The molecule has 2 atom stereocenters. The van der Waals surface area contributed by atoms with E-state index in [4.69, 9.17) is 34.8 Å². The second kappa shape index (κ2) is 13.5. The van der Waals surface area contributed by atoms with Gasteiger partial charge in [-0.2, -0.15) is 0 Å². The van der Waals surface area contributed by atoms with Crippen molar-refractivity contribution in [1.29, 1.82) is 0 Å². The Hall–Kier alpha value is -2.00. The van der Waals surface area contributed by atoms with Gasteiger partial charge in [-0.3, -0.25) is 13.9 Å². The third-order valence-corrected chi connectivity index (χ3v) is 7.92. The monoisotopic (exact) mass is 575 g/mol. The largest absolute Gasteiger partial charge is 0.352 e. The van der Waals surface area contributed by atoms with E-state index in [1.807, 2.05) is 13.8 Å². The van der Waals surface area contributed by atoms with E-state index in [1.165, 1.54) is 9.21 Å². The van der Waals surface area contributed by atoms with Crippen LogP contribution < -0.4 is 9.62 Å². The van der Waals surface area contributed by atoms with Gasteiger partial charge in [-0.05, 0) is 62.6 Å². The third-order valence-electron chi connectivity index (χ3n) is 5.75. The maximum Gasteiger partial charge on any atom is 0.242 e. The lowest BCUT2D eigenvalue weighted by Gasteiger charge is -2.30. The van der Waals surface area contributed by atoms with Crippen molar-refractivity contribution in [2.75, 3.05) is 17.1 Å². The summed E-state index contributed by atoms with van der Waals surface area (Å²) >= 11 is 18.2. The molecule has 0 heterocycles. The predicted molar refractivity (Wildman–Crippen MR) is 147 cm³/mol. The number of sulfonamides is 1. The van der Waals surface area contributed by atoms with E-state index >= 15 is 0 Å². The van der Waals surface area contributed by atoms with E-state index in [1.54, 1.807) is 49.4 Å². The third kappa shape index (κ3) is 8.83. The lowest BCUT2D eigenvalue weighted by Crippen LogP contribution is -2.49. The first-order chi connectivity index (χ1) is 16.8. The fraction of sp³-hybridized carbons (Fsp3) is 0.440. The number of hydrogen-bond acceptors (Lipinski definition) is 4. The van der Waals surface area contributed by atoms with E-state index in [0.717, 1.165) is 18.2 Å². The predicted octanol–water partition coefficient (Wildman–Crippen LogP) is 5.53. The van der Waals surface area contributed by atoms with Gasteiger partial charge in [0.2, 0.25) is 21.8 Å². The number of carbonyl (C=O) groups excluding carboxylic acids is 2. The summed E-state index contributed by atoms with van der Waals surface area (Å²) in [6.45, 7) is 5.75. The fourth-order valence-electron chi connectivity index (χ4n) is 3.52. The zero-order valence-corrected chi connectivity index (χ0v) is 23.9. The molecule has 0 aliphatic heterocycles. The van der Waals surface area contributed by atoms with Crippen LogP contribution in [0.1, 0.15) is 45.6 Å². The highest BCUT2D eigenvalue weighted by atomic mass is 35.5. The summed E-state index contributed by atoms with van der Waals surface area (Å²) < 4.78 is 26.0. The molecule has 0 radical (unpaired) electrons. The van der Waals surface area contributed by atoms with Crippen molar-refractivity contribution < 1.29 is 18.0 Å². The maximum absolute atomic E-state index is 13.3. The summed E-state index contributed by atoms with van der Waals surface area (Å²) in [5, 5.41) is 4.06. The molecule has 36 heavy (non-hydrogen) atoms. The second-order valence-corrected chi connectivity index (χ2v) is 11.8. The van der Waals surface area contributed by atoms with Crippen molar-refractivity contribution in [2.24, 2.45) is 0 Å². The number of anilines is 1. The number of nitrogens with one attached hydrogen (secondary N) is 1. The van der Waals surface area contributed by atoms with Gasteiger partial charge in [0.1, 0.15) is 6.04 Å². The topological polar surface area (TPSA) is 86.8 Å². The highest BCUT2D eigenvalue weighted by Crippen LogP contribution is 2.25. The van der Waals surface area contributed by atoms with Crippen LogP contribution in [0.2, 0.25) is 15.1 Å². The minimum Gasteiger partial charge on any atom is -0.352 e. The van der Waals surface area contributed by atoms with Crippen LogP contribution in [-0.4, -0.2) is 50.0 Å². The van der Waals surface area contributed by atoms with Gasteiger partial charge in [-0.1, -0.05) is 53.9 Å². The molecule has 2 unspecified atom stereocenters. The minimum atomic E-state index is -3.60.